The Morgan fingerprint density at radius 2 is 1.74 bits per heavy atom. The van der Waals surface area contributed by atoms with Crippen molar-refractivity contribution in [3.05, 3.63) is 58.6 Å². The van der Waals surface area contributed by atoms with Crippen LogP contribution in [0.4, 0.5) is 36.8 Å². The molecule has 11 heteroatoms. The van der Waals surface area contributed by atoms with Gasteiger partial charge in [-0.3, -0.25) is 0 Å². The molecule has 0 atom stereocenters. The van der Waals surface area contributed by atoms with Crippen LogP contribution in [0.25, 0.3) is 0 Å². The summed E-state index contributed by atoms with van der Waals surface area (Å²) >= 11 is 5.48. The third-order valence-electron chi connectivity index (χ3n) is 3.11. The molecule has 0 radical (unpaired) electrons. The number of nitrogens with one attached hydrogen (secondary N) is 2. The van der Waals surface area contributed by atoms with E-state index in [0.29, 0.717) is 11.6 Å². The van der Waals surface area contributed by atoms with E-state index in [2.05, 4.69) is 15.4 Å². The Bertz CT molecular complexity index is 823. The second-order valence-electron chi connectivity index (χ2n) is 5.20. The number of halogens is 7. The molecule has 2 rings (SSSR count). The summed E-state index contributed by atoms with van der Waals surface area (Å²) in [7, 11) is 0. The molecule has 4 nitrogen and oxygen atoms in total. The normalized spacial score (nSPS) is 11.8. The molecule has 0 bridgehead atoms. The number of carbonyl (C=O) groups is 1. The largest absolute Gasteiger partial charge is 0.573 e. The minimum atomic E-state index is -4.85. The first-order chi connectivity index (χ1) is 12.4. The quantitative estimate of drug-likeness (QED) is 0.644. The lowest BCUT2D eigenvalue weighted by molar-refractivity contribution is -0.274. The third-order valence-corrected chi connectivity index (χ3v) is 3.44. The molecule has 0 aliphatic carbocycles. The number of alkyl halides is 6. The lowest BCUT2D eigenvalue weighted by atomic mass is 10.2. The van der Waals surface area contributed by atoms with Crippen LogP contribution in [0.15, 0.2) is 42.5 Å². The van der Waals surface area contributed by atoms with Gasteiger partial charge in [-0.25, -0.2) is 4.79 Å². The van der Waals surface area contributed by atoms with E-state index >= 15 is 0 Å². The van der Waals surface area contributed by atoms with Gasteiger partial charge in [0.1, 0.15) is 5.75 Å². The van der Waals surface area contributed by atoms with Gasteiger partial charge in [0.05, 0.1) is 10.6 Å². The molecule has 0 spiro atoms. The van der Waals surface area contributed by atoms with E-state index < -0.39 is 34.9 Å². The Hall–Kier alpha value is -2.62. The zero-order chi connectivity index (χ0) is 20.2. The molecule has 0 aliphatic rings. The summed E-state index contributed by atoms with van der Waals surface area (Å²) in [6, 6.07) is 6.86. The van der Waals surface area contributed by atoms with E-state index in [1.54, 1.807) is 0 Å². The van der Waals surface area contributed by atoms with Crippen LogP contribution in [-0.2, 0) is 12.7 Å². The first-order valence-corrected chi connectivity index (χ1v) is 7.58. The van der Waals surface area contributed by atoms with Crippen LogP contribution in [0, 0.1) is 0 Å². The van der Waals surface area contributed by atoms with Gasteiger partial charge in [-0.1, -0.05) is 23.7 Å². The van der Waals surface area contributed by atoms with Crippen LogP contribution in [-0.4, -0.2) is 12.4 Å². The van der Waals surface area contributed by atoms with Gasteiger partial charge in [0.25, 0.3) is 0 Å². The van der Waals surface area contributed by atoms with E-state index in [1.807, 2.05) is 0 Å². The molecule has 2 aromatic rings. The highest BCUT2D eigenvalue weighted by atomic mass is 35.5. The van der Waals surface area contributed by atoms with Crippen molar-refractivity contribution in [3.63, 3.8) is 0 Å². The fourth-order valence-electron chi connectivity index (χ4n) is 2.03. The van der Waals surface area contributed by atoms with Gasteiger partial charge < -0.3 is 15.4 Å². The standard InChI is InChI=1S/C16H11ClF6N2O2/c17-13-5-4-10(7-12(13)15(18,19)20)25-14(26)24-8-9-2-1-3-11(6-9)27-16(21,22)23/h1-7H,8H2,(H2,24,25,26). The number of urea groups is 1. The number of rotatable bonds is 4. The predicted molar refractivity (Wildman–Crippen MR) is 85.4 cm³/mol. The van der Waals surface area contributed by atoms with E-state index in [-0.39, 0.29) is 12.2 Å². The topological polar surface area (TPSA) is 50.4 Å². The van der Waals surface area contributed by atoms with Crippen LogP contribution in [0.3, 0.4) is 0 Å². The molecular formula is C16H11ClF6N2O2. The molecule has 0 heterocycles. The number of carbonyl (C=O) groups excluding carboxylic acids is 1. The van der Waals surface area contributed by atoms with Crippen molar-refractivity contribution < 1.29 is 35.9 Å². The summed E-state index contributed by atoms with van der Waals surface area (Å²) in [5.41, 5.74) is -0.976. The molecule has 2 aromatic carbocycles. The number of ether oxygens (including phenoxy) is 1. The van der Waals surface area contributed by atoms with Crippen LogP contribution in [0.2, 0.25) is 5.02 Å². The monoisotopic (exact) mass is 412 g/mol. The molecule has 0 saturated heterocycles. The number of anilines is 1. The molecule has 0 fully saturated rings. The lowest BCUT2D eigenvalue weighted by Crippen LogP contribution is -2.28. The van der Waals surface area contributed by atoms with Gasteiger partial charge in [0, 0.05) is 12.2 Å². The van der Waals surface area contributed by atoms with E-state index in [9.17, 15) is 31.1 Å². The molecule has 2 amide bonds. The maximum Gasteiger partial charge on any atom is 0.573 e. The van der Waals surface area contributed by atoms with E-state index in [4.69, 9.17) is 11.6 Å². The highest BCUT2D eigenvalue weighted by molar-refractivity contribution is 6.31. The summed E-state index contributed by atoms with van der Waals surface area (Å²) in [5, 5.41) is 3.98. The van der Waals surface area contributed by atoms with Crippen molar-refractivity contribution in [1.82, 2.24) is 5.32 Å². The number of hydrogen-bond acceptors (Lipinski definition) is 2. The van der Waals surface area contributed by atoms with Crippen molar-refractivity contribution in [2.24, 2.45) is 0 Å². The average molecular weight is 413 g/mol. The minimum absolute atomic E-state index is 0.154. The van der Waals surface area contributed by atoms with Gasteiger partial charge >= 0.3 is 18.6 Å². The zero-order valence-electron chi connectivity index (χ0n) is 13.2. The number of benzene rings is 2. The molecule has 2 N–H and O–H groups in total. The fourth-order valence-corrected chi connectivity index (χ4v) is 2.26. The van der Waals surface area contributed by atoms with Crippen molar-refractivity contribution in [2.75, 3.05) is 5.32 Å². The first-order valence-electron chi connectivity index (χ1n) is 7.20. The van der Waals surface area contributed by atoms with E-state index in [1.165, 1.54) is 18.2 Å². The molecule has 0 unspecified atom stereocenters. The smallest absolute Gasteiger partial charge is 0.406 e. The predicted octanol–water partition coefficient (Wildman–Crippen LogP) is 5.58. The van der Waals surface area contributed by atoms with E-state index in [0.717, 1.165) is 18.2 Å². The van der Waals surface area contributed by atoms with Crippen LogP contribution in [0.5, 0.6) is 5.75 Å². The zero-order valence-corrected chi connectivity index (χ0v) is 14.0. The molecule has 146 valence electrons. The maximum absolute atomic E-state index is 12.8. The fraction of sp³-hybridized carbons (Fsp3) is 0.188. The Morgan fingerprint density at radius 1 is 1.04 bits per heavy atom. The highest BCUT2D eigenvalue weighted by Gasteiger charge is 2.33. The number of amides is 2. The van der Waals surface area contributed by atoms with Crippen LogP contribution < -0.4 is 15.4 Å². The lowest BCUT2D eigenvalue weighted by Gasteiger charge is -2.13. The Morgan fingerprint density at radius 3 is 2.37 bits per heavy atom. The van der Waals surface area contributed by atoms with Gasteiger partial charge in [-0.2, -0.15) is 13.2 Å². The SMILES string of the molecule is O=C(NCc1cccc(OC(F)(F)F)c1)Nc1ccc(Cl)c(C(F)(F)F)c1. The Labute approximate surface area is 154 Å². The first kappa shape index (κ1) is 20.7. The average Bonchev–Trinajstić information content (AvgIpc) is 2.52. The molecule has 27 heavy (non-hydrogen) atoms. The summed E-state index contributed by atoms with van der Waals surface area (Å²) in [6.45, 7) is -0.180. The summed E-state index contributed by atoms with van der Waals surface area (Å²) in [6.07, 6.45) is -9.54. The summed E-state index contributed by atoms with van der Waals surface area (Å²) in [4.78, 5) is 11.8. The Balaban J connectivity index is 1.98. The van der Waals surface area contributed by atoms with Gasteiger partial charge in [-0.05, 0) is 35.9 Å². The Kier molecular flexibility index (Phi) is 6.09. The van der Waals surface area contributed by atoms with Gasteiger partial charge in [0.2, 0.25) is 0 Å². The van der Waals surface area contributed by atoms with Crippen LogP contribution in [0.1, 0.15) is 11.1 Å². The van der Waals surface area contributed by atoms with Crippen molar-refractivity contribution in [3.8, 4) is 5.75 Å². The third kappa shape index (κ3) is 6.55. The maximum atomic E-state index is 12.8. The molecular weight excluding hydrogens is 402 g/mol. The van der Waals surface area contributed by atoms with Crippen molar-refractivity contribution >= 4 is 23.3 Å². The molecule has 0 aromatic heterocycles. The second kappa shape index (κ2) is 7.95. The second-order valence-corrected chi connectivity index (χ2v) is 5.60. The minimum Gasteiger partial charge on any atom is -0.406 e. The van der Waals surface area contributed by atoms with Gasteiger partial charge in [0.15, 0.2) is 0 Å². The van der Waals surface area contributed by atoms with Crippen LogP contribution >= 0.6 is 11.6 Å². The summed E-state index contributed by atoms with van der Waals surface area (Å²) < 4.78 is 78.7. The van der Waals surface area contributed by atoms with Crippen molar-refractivity contribution in [1.29, 1.82) is 0 Å². The highest BCUT2D eigenvalue weighted by Crippen LogP contribution is 2.36. The number of hydrogen-bond donors (Lipinski definition) is 2. The van der Waals surface area contributed by atoms with Gasteiger partial charge in [-0.15, -0.1) is 13.2 Å². The molecule has 0 saturated carbocycles. The molecule has 0 aliphatic heterocycles. The van der Waals surface area contributed by atoms with Crippen molar-refractivity contribution in [2.45, 2.75) is 19.1 Å². The summed E-state index contributed by atoms with van der Waals surface area (Å²) in [5.74, 6) is -0.463.